The van der Waals surface area contributed by atoms with Gasteiger partial charge in [-0.05, 0) is 30.2 Å². The number of anilines is 1. The number of aromatic amines is 1. The first-order valence-electron chi connectivity index (χ1n) is 11.1. The molecule has 1 atom stereocenters. The Hall–Kier alpha value is -3.72. The molecule has 1 N–H and O–H groups in total. The number of nitrogens with zero attached hydrogens (tertiary/aromatic N) is 2. The Morgan fingerprint density at radius 2 is 1.68 bits per heavy atom. The van der Waals surface area contributed by atoms with Crippen LogP contribution in [0, 0.1) is 0 Å². The number of methoxy groups -OCH3 is 4. The van der Waals surface area contributed by atoms with Crippen LogP contribution in [-0.2, 0) is 22.6 Å². The number of carbonyl (C=O) groups is 2. The highest BCUT2D eigenvalue weighted by atomic mass is 16.5. The zero-order valence-electron chi connectivity index (χ0n) is 19.6. The van der Waals surface area contributed by atoms with E-state index in [9.17, 15) is 9.59 Å². The van der Waals surface area contributed by atoms with Gasteiger partial charge in [0.05, 0.1) is 46.6 Å². The van der Waals surface area contributed by atoms with E-state index in [4.69, 9.17) is 18.9 Å². The third-order valence-electron chi connectivity index (χ3n) is 6.68. The van der Waals surface area contributed by atoms with E-state index in [2.05, 4.69) is 9.88 Å². The Morgan fingerprint density at radius 1 is 0.941 bits per heavy atom. The lowest BCUT2D eigenvalue weighted by molar-refractivity contribution is -0.123. The second-order valence-corrected chi connectivity index (χ2v) is 8.38. The van der Waals surface area contributed by atoms with E-state index in [1.54, 1.807) is 19.2 Å². The number of carbonyl (C=O) groups excluding carboxylic acids is 2. The van der Waals surface area contributed by atoms with E-state index >= 15 is 0 Å². The number of benzene rings is 2. The number of imide groups is 1. The van der Waals surface area contributed by atoms with E-state index in [0.717, 1.165) is 28.8 Å². The van der Waals surface area contributed by atoms with Crippen LogP contribution in [0.1, 0.15) is 17.7 Å². The first-order chi connectivity index (χ1) is 16.5. The standard InChI is InChI=1S/C25H27N3O6/c1-31-15-5-6-18-17(11-15)16-7-8-27(13-19(16)26-18)20-12-23(29)28(25(20)30)14-9-21(32-2)24(34-4)22(10-14)33-3/h5-6,9-11,20,26H,7-8,12-13H2,1-4H3/t20-/m1/s1. The van der Waals surface area contributed by atoms with Crippen LogP contribution in [0.4, 0.5) is 5.69 Å². The fraction of sp³-hybridized carbons (Fsp3) is 0.360. The molecule has 2 aliphatic heterocycles. The van der Waals surface area contributed by atoms with Crippen molar-refractivity contribution < 1.29 is 28.5 Å². The molecule has 9 heteroatoms. The van der Waals surface area contributed by atoms with Crippen molar-refractivity contribution in [3.05, 3.63) is 41.6 Å². The van der Waals surface area contributed by atoms with Crippen LogP contribution in [-0.4, -0.2) is 62.7 Å². The van der Waals surface area contributed by atoms with Gasteiger partial charge in [0.25, 0.3) is 5.91 Å². The molecule has 0 unspecified atom stereocenters. The van der Waals surface area contributed by atoms with Gasteiger partial charge >= 0.3 is 0 Å². The molecule has 0 spiro atoms. The summed E-state index contributed by atoms with van der Waals surface area (Å²) in [6.07, 6.45) is 0.906. The fourth-order valence-electron chi connectivity index (χ4n) is 5.00. The third-order valence-corrected chi connectivity index (χ3v) is 6.68. The second kappa shape index (κ2) is 8.57. The summed E-state index contributed by atoms with van der Waals surface area (Å²) in [6.45, 7) is 1.25. The van der Waals surface area contributed by atoms with Crippen molar-refractivity contribution in [3.63, 3.8) is 0 Å². The molecule has 3 heterocycles. The Labute approximate surface area is 197 Å². The Balaban J connectivity index is 1.42. The van der Waals surface area contributed by atoms with Crippen LogP contribution >= 0.6 is 0 Å². The van der Waals surface area contributed by atoms with Crippen LogP contribution in [0.2, 0.25) is 0 Å². The van der Waals surface area contributed by atoms with Crippen LogP contribution in [0.15, 0.2) is 30.3 Å². The van der Waals surface area contributed by atoms with Crippen molar-refractivity contribution in [2.45, 2.75) is 25.4 Å². The highest BCUT2D eigenvalue weighted by molar-refractivity contribution is 6.22. The fourth-order valence-corrected chi connectivity index (χ4v) is 5.00. The van der Waals surface area contributed by atoms with Crippen LogP contribution in [0.25, 0.3) is 10.9 Å². The quantitative estimate of drug-likeness (QED) is 0.560. The summed E-state index contributed by atoms with van der Waals surface area (Å²) in [4.78, 5) is 33.2. The number of ether oxygens (including phenoxy) is 4. The van der Waals surface area contributed by atoms with Gasteiger partial charge in [-0.25, -0.2) is 4.90 Å². The van der Waals surface area contributed by atoms with Crippen molar-refractivity contribution >= 4 is 28.4 Å². The zero-order chi connectivity index (χ0) is 24.0. The molecule has 34 heavy (non-hydrogen) atoms. The molecule has 1 aromatic heterocycles. The summed E-state index contributed by atoms with van der Waals surface area (Å²) in [5.74, 6) is 1.49. The lowest BCUT2D eigenvalue weighted by atomic mass is 10.0. The van der Waals surface area contributed by atoms with Crippen molar-refractivity contribution in [1.82, 2.24) is 9.88 Å². The molecule has 1 saturated heterocycles. The van der Waals surface area contributed by atoms with Gasteiger partial charge in [0.2, 0.25) is 11.7 Å². The monoisotopic (exact) mass is 465 g/mol. The maximum absolute atomic E-state index is 13.5. The number of rotatable bonds is 6. The van der Waals surface area contributed by atoms with Crippen molar-refractivity contribution in [3.8, 4) is 23.0 Å². The van der Waals surface area contributed by atoms with Gasteiger partial charge in [0.1, 0.15) is 5.75 Å². The highest BCUT2D eigenvalue weighted by Gasteiger charge is 2.44. The minimum Gasteiger partial charge on any atom is -0.497 e. The SMILES string of the molecule is COc1ccc2[nH]c3c(c2c1)CCN([C@@H]1CC(=O)N(c2cc(OC)c(OC)c(OC)c2)C1=O)C3. The maximum Gasteiger partial charge on any atom is 0.251 e. The summed E-state index contributed by atoms with van der Waals surface area (Å²) < 4.78 is 21.5. The normalized spacial score (nSPS) is 18.4. The van der Waals surface area contributed by atoms with Gasteiger partial charge in [0, 0.05) is 41.8 Å². The lowest BCUT2D eigenvalue weighted by Gasteiger charge is -2.30. The number of hydrogen-bond donors (Lipinski definition) is 1. The molecule has 2 amide bonds. The summed E-state index contributed by atoms with van der Waals surface area (Å²) in [7, 11) is 6.16. The summed E-state index contributed by atoms with van der Waals surface area (Å²) in [5.41, 5.74) is 3.76. The van der Waals surface area contributed by atoms with Gasteiger partial charge in [-0.15, -0.1) is 0 Å². The number of fused-ring (bicyclic) bond motifs is 3. The Bertz CT molecular complexity index is 1260. The largest absolute Gasteiger partial charge is 0.497 e. The first-order valence-corrected chi connectivity index (χ1v) is 11.1. The molecule has 0 saturated carbocycles. The van der Waals surface area contributed by atoms with E-state index < -0.39 is 6.04 Å². The molecule has 0 aliphatic carbocycles. The molecule has 0 radical (unpaired) electrons. The molecule has 9 nitrogen and oxygen atoms in total. The van der Waals surface area contributed by atoms with E-state index in [1.165, 1.54) is 31.8 Å². The van der Waals surface area contributed by atoms with Gasteiger partial charge in [0.15, 0.2) is 11.5 Å². The number of hydrogen-bond acceptors (Lipinski definition) is 7. The molecular formula is C25H27N3O6. The van der Waals surface area contributed by atoms with E-state index in [0.29, 0.717) is 36.0 Å². The molecule has 2 aromatic carbocycles. The molecule has 5 rings (SSSR count). The van der Waals surface area contributed by atoms with Crippen molar-refractivity contribution in [2.24, 2.45) is 0 Å². The highest BCUT2D eigenvalue weighted by Crippen LogP contribution is 2.42. The molecule has 2 aliphatic rings. The Kier molecular flexibility index (Phi) is 5.57. The van der Waals surface area contributed by atoms with Crippen molar-refractivity contribution in [1.29, 1.82) is 0 Å². The average molecular weight is 466 g/mol. The van der Waals surface area contributed by atoms with Gasteiger partial charge in [-0.2, -0.15) is 0 Å². The molecule has 0 bridgehead atoms. The molecular weight excluding hydrogens is 438 g/mol. The number of aromatic nitrogens is 1. The smallest absolute Gasteiger partial charge is 0.251 e. The third kappa shape index (κ3) is 3.43. The van der Waals surface area contributed by atoms with E-state index in [1.807, 2.05) is 18.2 Å². The number of H-pyrrole nitrogens is 1. The predicted molar refractivity (Wildman–Crippen MR) is 126 cm³/mol. The molecule has 3 aromatic rings. The van der Waals surface area contributed by atoms with Gasteiger partial charge in [-0.1, -0.05) is 0 Å². The summed E-state index contributed by atoms with van der Waals surface area (Å²) in [5, 5.41) is 1.14. The first kappa shape index (κ1) is 22.1. The Morgan fingerprint density at radius 3 is 2.32 bits per heavy atom. The minimum atomic E-state index is -0.527. The second-order valence-electron chi connectivity index (χ2n) is 8.38. The van der Waals surface area contributed by atoms with Crippen molar-refractivity contribution in [2.75, 3.05) is 39.9 Å². The molecule has 178 valence electrons. The van der Waals surface area contributed by atoms with E-state index in [-0.39, 0.29) is 18.2 Å². The van der Waals surface area contributed by atoms with Crippen LogP contribution in [0.3, 0.4) is 0 Å². The summed E-state index contributed by atoms with van der Waals surface area (Å²) in [6, 6.07) is 8.69. The minimum absolute atomic E-state index is 0.124. The van der Waals surface area contributed by atoms with Gasteiger partial charge in [-0.3, -0.25) is 14.5 Å². The number of nitrogens with one attached hydrogen (secondary N) is 1. The average Bonchev–Trinajstić information content (AvgIpc) is 3.37. The maximum atomic E-state index is 13.5. The van der Waals surface area contributed by atoms with Crippen LogP contribution in [0.5, 0.6) is 23.0 Å². The summed E-state index contributed by atoms with van der Waals surface area (Å²) >= 11 is 0. The van der Waals surface area contributed by atoms with Crippen LogP contribution < -0.4 is 23.8 Å². The number of amides is 2. The topological polar surface area (TPSA) is 93.3 Å². The van der Waals surface area contributed by atoms with Gasteiger partial charge < -0.3 is 23.9 Å². The predicted octanol–water partition coefficient (Wildman–Crippen LogP) is 2.89. The zero-order valence-corrected chi connectivity index (χ0v) is 19.6. The molecule has 1 fully saturated rings. The lowest BCUT2D eigenvalue weighted by Crippen LogP contribution is -2.44.